The van der Waals surface area contributed by atoms with Gasteiger partial charge in [0.15, 0.2) is 0 Å². The van der Waals surface area contributed by atoms with Crippen molar-refractivity contribution in [1.29, 1.82) is 0 Å². The molecule has 1 aromatic rings. The Morgan fingerprint density at radius 1 is 1.40 bits per heavy atom. The van der Waals surface area contributed by atoms with Crippen molar-refractivity contribution in [3.8, 4) is 5.75 Å². The minimum Gasteiger partial charge on any atom is -0.488 e. The Labute approximate surface area is 121 Å². The van der Waals surface area contributed by atoms with Crippen LogP contribution in [0.3, 0.4) is 0 Å². The lowest BCUT2D eigenvalue weighted by Crippen LogP contribution is -2.42. The van der Waals surface area contributed by atoms with Gasteiger partial charge < -0.3 is 10.1 Å². The summed E-state index contributed by atoms with van der Waals surface area (Å²) in [5.41, 5.74) is 1.24. The molecule has 112 valence electrons. The van der Waals surface area contributed by atoms with Crippen LogP contribution in [0.25, 0.3) is 0 Å². The molecule has 20 heavy (non-hydrogen) atoms. The molecule has 2 rings (SSSR count). The quantitative estimate of drug-likeness (QED) is 0.834. The van der Waals surface area contributed by atoms with Crippen molar-refractivity contribution in [2.75, 3.05) is 18.6 Å². The molecule has 0 fully saturated rings. The lowest BCUT2D eigenvalue weighted by atomic mass is 10.0. The zero-order chi connectivity index (χ0) is 14.6. The molecule has 0 aliphatic carbocycles. The van der Waals surface area contributed by atoms with Crippen LogP contribution in [-0.4, -0.2) is 39.1 Å². The van der Waals surface area contributed by atoms with E-state index < -0.39 is 9.84 Å². The van der Waals surface area contributed by atoms with Gasteiger partial charge >= 0.3 is 0 Å². The Morgan fingerprint density at radius 2 is 2.15 bits per heavy atom. The van der Waals surface area contributed by atoms with E-state index in [1.165, 1.54) is 11.8 Å². The molecule has 2 atom stereocenters. The van der Waals surface area contributed by atoms with Gasteiger partial charge in [0.05, 0.1) is 0 Å². The van der Waals surface area contributed by atoms with Gasteiger partial charge in [-0.05, 0) is 31.0 Å². The lowest BCUT2D eigenvalue weighted by molar-refractivity contribution is 0.172. The predicted molar refractivity (Wildman–Crippen MR) is 81.0 cm³/mol. The zero-order valence-electron chi connectivity index (χ0n) is 12.1. The molecular weight excluding hydrogens is 274 g/mol. The van der Waals surface area contributed by atoms with Crippen molar-refractivity contribution in [2.45, 2.75) is 38.3 Å². The second-order valence-electron chi connectivity index (χ2n) is 5.40. The van der Waals surface area contributed by atoms with Crippen molar-refractivity contribution in [2.24, 2.45) is 0 Å². The first-order chi connectivity index (χ1) is 9.49. The number of benzene rings is 1. The number of hydrogen-bond acceptors (Lipinski definition) is 4. The number of sulfone groups is 1. The fraction of sp³-hybridized carbons (Fsp3) is 0.600. The van der Waals surface area contributed by atoms with E-state index in [1.807, 2.05) is 18.2 Å². The van der Waals surface area contributed by atoms with Crippen LogP contribution in [0.2, 0.25) is 0 Å². The van der Waals surface area contributed by atoms with Crippen molar-refractivity contribution in [1.82, 2.24) is 5.32 Å². The largest absolute Gasteiger partial charge is 0.488 e. The summed E-state index contributed by atoms with van der Waals surface area (Å²) in [5, 5.41) is 3.43. The summed E-state index contributed by atoms with van der Waals surface area (Å²) in [7, 11) is -2.88. The zero-order valence-corrected chi connectivity index (χ0v) is 12.9. The molecule has 0 saturated heterocycles. The Kier molecular flexibility index (Phi) is 5.05. The average Bonchev–Trinajstić information content (AvgIpc) is 2.80. The van der Waals surface area contributed by atoms with Gasteiger partial charge in [0.1, 0.15) is 21.7 Å². The van der Waals surface area contributed by atoms with Gasteiger partial charge in [-0.15, -0.1) is 0 Å². The van der Waals surface area contributed by atoms with Crippen molar-refractivity contribution in [3.63, 3.8) is 0 Å². The minimum atomic E-state index is -2.88. The Bertz CT molecular complexity index is 517. The van der Waals surface area contributed by atoms with Gasteiger partial charge in [-0.25, -0.2) is 8.42 Å². The molecule has 0 spiro atoms. The van der Waals surface area contributed by atoms with Gasteiger partial charge in [-0.2, -0.15) is 0 Å². The summed E-state index contributed by atoms with van der Waals surface area (Å²) in [6, 6.07) is 8.29. The van der Waals surface area contributed by atoms with Crippen molar-refractivity contribution < 1.29 is 13.2 Å². The summed E-state index contributed by atoms with van der Waals surface area (Å²) in [5.74, 6) is 1.21. The van der Waals surface area contributed by atoms with Crippen LogP contribution in [0.15, 0.2) is 24.3 Å². The first kappa shape index (κ1) is 15.3. The molecule has 1 heterocycles. The van der Waals surface area contributed by atoms with E-state index in [-0.39, 0.29) is 17.9 Å². The summed E-state index contributed by atoms with van der Waals surface area (Å²) < 4.78 is 28.4. The second kappa shape index (κ2) is 6.59. The Balaban J connectivity index is 1.93. The van der Waals surface area contributed by atoms with Gasteiger partial charge in [-0.3, -0.25) is 0 Å². The smallest absolute Gasteiger partial charge is 0.147 e. The van der Waals surface area contributed by atoms with E-state index in [1.54, 1.807) is 0 Å². The maximum Gasteiger partial charge on any atom is 0.147 e. The molecule has 0 aromatic heterocycles. The van der Waals surface area contributed by atoms with E-state index in [9.17, 15) is 8.42 Å². The molecule has 2 unspecified atom stereocenters. The van der Waals surface area contributed by atoms with E-state index in [4.69, 9.17) is 4.74 Å². The molecule has 1 N–H and O–H groups in total. The van der Waals surface area contributed by atoms with Gasteiger partial charge in [0, 0.05) is 24.5 Å². The monoisotopic (exact) mass is 297 g/mol. The fourth-order valence-corrected chi connectivity index (χ4v) is 3.37. The second-order valence-corrected chi connectivity index (χ2v) is 7.66. The molecule has 4 nitrogen and oxygen atoms in total. The SMILES string of the molecule is CCNC(CCCS(C)(=O)=O)C1Cc2ccccc2O1. The number of rotatable bonds is 7. The molecule has 1 aliphatic heterocycles. The number of hydrogen-bond donors (Lipinski definition) is 1. The van der Waals surface area contributed by atoms with Crippen LogP contribution in [-0.2, 0) is 16.3 Å². The molecule has 0 radical (unpaired) electrons. The molecule has 1 aliphatic rings. The highest BCUT2D eigenvalue weighted by atomic mass is 32.2. The third kappa shape index (κ3) is 4.21. The Morgan fingerprint density at radius 3 is 2.80 bits per heavy atom. The highest BCUT2D eigenvalue weighted by Crippen LogP contribution is 2.30. The average molecular weight is 297 g/mol. The first-order valence-electron chi connectivity index (χ1n) is 7.15. The minimum absolute atomic E-state index is 0.104. The summed E-state index contributed by atoms with van der Waals surface area (Å²) in [6.07, 6.45) is 3.78. The lowest BCUT2D eigenvalue weighted by Gasteiger charge is -2.24. The van der Waals surface area contributed by atoms with Crippen LogP contribution in [0.1, 0.15) is 25.3 Å². The highest BCUT2D eigenvalue weighted by Gasteiger charge is 2.29. The van der Waals surface area contributed by atoms with Crippen LogP contribution in [0.5, 0.6) is 5.75 Å². The van der Waals surface area contributed by atoms with Crippen LogP contribution in [0, 0.1) is 0 Å². The first-order valence-corrected chi connectivity index (χ1v) is 9.21. The van der Waals surface area contributed by atoms with Crippen molar-refractivity contribution in [3.05, 3.63) is 29.8 Å². The van der Waals surface area contributed by atoms with E-state index in [2.05, 4.69) is 18.3 Å². The van der Waals surface area contributed by atoms with Crippen LogP contribution >= 0.6 is 0 Å². The highest BCUT2D eigenvalue weighted by molar-refractivity contribution is 7.90. The molecular formula is C15H23NO3S. The number of nitrogens with one attached hydrogen (secondary N) is 1. The number of para-hydroxylation sites is 1. The van der Waals surface area contributed by atoms with Crippen LogP contribution < -0.4 is 10.1 Å². The number of likely N-dealkylation sites (N-methyl/N-ethyl adjacent to an activating group) is 1. The van der Waals surface area contributed by atoms with Gasteiger partial charge in [0.2, 0.25) is 0 Å². The van der Waals surface area contributed by atoms with Crippen LogP contribution in [0.4, 0.5) is 0 Å². The maximum atomic E-state index is 11.2. The van der Waals surface area contributed by atoms with E-state index in [0.717, 1.165) is 25.1 Å². The van der Waals surface area contributed by atoms with Crippen molar-refractivity contribution >= 4 is 9.84 Å². The van der Waals surface area contributed by atoms with E-state index >= 15 is 0 Å². The third-order valence-electron chi connectivity index (χ3n) is 3.62. The summed E-state index contributed by atoms with van der Waals surface area (Å²) in [6.45, 7) is 2.92. The van der Waals surface area contributed by atoms with Gasteiger partial charge in [-0.1, -0.05) is 25.1 Å². The number of fused-ring (bicyclic) bond motifs is 1. The topological polar surface area (TPSA) is 55.4 Å². The molecule has 0 amide bonds. The molecule has 5 heteroatoms. The molecule has 0 saturated carbocycles. The third-order valence-corrected chi connectivity index (χ3v) is 4.65. The van der Waals surface area contributed by atoms with E-state index in [0.29, 0.717) is 6.42 Å². The maximum absolute atomic E-state index is 11.2. The summed E-state index contributed by atoms with van der Waals surface area (Å²) >= 11 is 0. The molecule has 1 aromatic carbocycles. The summed E-state index contributed by atoms with van der Waals surface area (Å²) in [4.78, 5) is 0. The standard InChI is InChI=1S/C15H23NO3S/c1-3-16-13(8-6-10-20(2,17)18)15-11-12-7-4-5-9-14(12)19-15/h4-5,7,9,13,15-16H,3,6,8,10-11H2,1-2H3. The van der Waals surface area contributed by atoms with Gasteiger partial charge in [0.25, 0.3) is 0 Å². The predicted octanol–water partition coefficient (Wildman–Crippen LogP) is 1.79. The normalized spacial score (nSPS) is 19.4. The number of ether oxygens (including phenoxy) is 1. The Hall–Kier alpha value is -1.07. The molecule has 0 bridgehead atoms. The fourth-order valence-electron chi connectivity index (χ4n) is 2.68.